The molecular weight excluding hydrogens is 1280 g/mol. The fraction of sp³-hybridized carbons (Fsp3) is 0.949. The second kappa shape index (κ2) is 70.7. The van der Waals surface area contributed by atoms with Crippen LogP contribution >= 0.6 is 15.6 Å². The van der Waals surface area contributed by atoms with Gasteiger partial charge in [-0.05, 0) is 37.5 Å². The zero-order valence-corrected chi connectivity index (χ0v) is 65.9. The van der Waals surface area contributed by atoms with E-state index in [4.69, 9.17) is 37.0 Å². The van der Waals surface area contributed by atoms with Gasteiger partial charge < -0.3 is 33.8 Å². The number of rotatable bonds is 78. The highest BCUT2D eigenvalue weighted by Crippen LogP contribution is 2.45. The van der Waals surface area contributed by atoms with Crippen LogP contribution in [0.4, 0.5) is 0 Å². The minimum atomic E-state index is -4.96. The van der Waals surface area contributed by atoms with Gasteiger partial charge in [0, 0.05) is 25.7 Å². The van der Waals surface area contributed by atoms with Crippen molar-refractivity contribution in [1.82, 2.24) is 0 Å². The van der Waals surface area contributed by atoms with Gasteiger partial charge in [0.05, 0.1) is 26.4 Å². The molecule has 0 aliphatic heterocycles. The summed E-state index contributed by atoms with van der Waals surface area (Å²) < 4.78 is 68.5. The molecule has 0 spiro atoms. The van der Waals surface area contributed by atoms with Gasteiger partial charge >= 0.3 is 39.5 Å². The summed E-state index contributed by atoms with van der Waals surface area (Å²) >= 11 is 0. The average molecular weight is 1440 g/mol. The number of carbonyl (C=O) groups is 4. The van der Waals surface area contributed by atoms with Crippen molar-refractivity contribution in [3.05, 3.63) is 0 Å². The van der Waals surface area contributed by atoms with Gasteiger partial charge in [0.1, 0.15) is 19.3 Å². The van der Waals surface area contributed by atoms with Crippen LogP contribution in [0.5, 0.6) is 0 Å². The summed E-state index contributed by atoms with van der Waals surface area (Å²) in [5.74, 6) is -0.531. The Balaban J connectivity index is 5.17. The Bertz CT molecular complexity index is 1890. The van der Waals surface area contributed by atoms with E-state index in [1.165, 1.54) is 218 Å². The number of ether oxygens (including phenoxy) is 4. The van der Waals surface area contributed by atoms with Gasteiger partial charge in [-0.2, -0.15) is 0 Å². The number of aliphatic hydroxyl groups excluding tert-OH is 1. The minimum absolute atomic E-state index is 0.105. The number of phosphoric acid groups is 2. The first kappa shape index (κ1) is 96.1. The predicted octanol–water partition coefficient (Wildman–Crippen LogP) is 23.5. The van der Waals surface area contributed by atoms with Crippen LogP contribution in [-0.2, 0) is 65.4 Å². The molecule has 0 aromatic rings. The van der Waals surface area contributed by atoms with Gasteiger partial charge in [0.2, 0.25) is 0 Å². The van der Waals surface area contributed by atoms with Gasteiger partial charge in [-0.1, -0.05) is 363 Å². The van der Waals surface area contributed by atoms with Gasteiger partial charge in [-0.25, -0.2) is 9.13 Å². The molecule has 19 heteroatoms. The fourth-order valence-electron chi connectivity index (χ4n) is 12.2. The van der Waals surface area contributed by atoms with Gasteiger partial charge in [-0.15, -0.1) is 0 Å². The smallest absolute Gasteiger partial charge is 0.462 e. The topological polar surface area (TPSA) is 237 Å². The molecule has 582 valence electrons. The third-order valence-electron chi connectivity index (χ3n) is 18.8. The Morgan fingerprint density at radius 3 is 0.776 bits per heavy atom. The lowest BCUT2D eigenvalue weighted by molar-refractivity contribution is -0.161. The molecule has 0 rings (SSSR count). The van der Waals surface area contributed by atoms with Crippen molar-refractivity contribution in [2.24, 2.45) is 11.8 Å². The molecule has 0 saturated heterocycles. The zero-order valence-electron chi connectivity index (χ0n) is 64.1. The van der Waals surface area contributed by atoms with Gasteiger partial charge in [-0.3, -0.25) is 37.3 Å². The monoisotopic (exact) mass is 1440 g/mol. The Morgan fingerprint density at radius 2 is 0.520 bits per heavy atom. The van der Waals surface area contributed by atoms with Crippen molar-refractivity contribution < 1.29 is 80.2 Å². The number of carbonyl (C=O) groups excluding carboxylic acids is 4. The minimum Gasteiger partial charge on any atom is -0.462 e. The van der Waals surface area contributed by atoms with Crippen molar-refractivity contribution in [2.75, 3.05) is 39.6 Å². The summed E-state index contributed by atoms with van der Waals surface area (Å²) in [7, 11) is -9.91. The van der Waals surface area contributed by atoms with Crippen LogP contribution in [-0.4, -0.2) is 96.7 Å². The summed E-state index contributed by atoms with van der Waals surface area (Å²) in [5, 5.41) is 10.6. The maximum absolute atomic E-state index is 13.1. The molecule has 0 fully saturated rings. The molecular formula is C79H154O17P2. The third kappa shape index (κ3) is 71.1. The summed E-state index contributed by atoms with van der Waals surface area (Å²) in [4.78, 5) is 72.8. The maximum atomic E-state index is 13.1. The van der Waals surface area contributed by atoms with Crippen molar-refractivity contribution in [1.29, 1.82) is 0 Å². The quantitative estimate of drug-likeness (QED) is 0.0222. The molecule has 17 nitrogen and oxygen atoms in total. The molecule has 3 N–H and O–H groups in total. The van der Waals surface area contributed by atoms with E-state index in [1.54, 1.807) is 0 Å². The first-order valence-corrected chi connectivity index (χ1v) is 44.0. The lowest BCUT2D eigenvalue weighted by atomic mass is 9.99. The van der Waals surface area contributed by atoms with Crippen LogP contribution in [0.2, 0.25) is 0 Å². The molecule has 0 bridgehead atoms. The number of hydrogen-bond acceptors (Lipinski definition) is 15. The largest absolute Gasteiger partial charge is 0.472 e. The lowest BCUT2D eigenvalue weighted by Gasteiger charge is -2.21. The van der Waals surface area contributed by atoms with Crippen molar-refractivity contribution in [3.8, 4) is 0 Å². The Hall–Kier alpha value is -1.94. The van der Waals surface area contributed by atoms with Crippen molar-refractivity contribution >= 4 is 39.5 Å². The van der Waals surface area contributed by atoms with Gasteiger partial charge in [0.15, 0.2) is 12.2 Å². The molecule has 0 radical (unpaired) electrons. The van der Waals surface area contributed by atoms with E-state index in [0.29, 0.717) is 25.7 Å². The molecule has 0 heterocycles. The van der Waals surface area contributed by atoms with E-state index in [9.17, 15) is 43.2 Å². The standard InChI is InChI=1S/C79H154O17P2/c1-7-10-12-14-16-17-18-19-20-21-22-23-24-25-26-31-34-39-45-51-57-63-78(83)96-75(68-90-77(82)62-56-50-44-38-33-30-28-27-29-32-37-43-48-54-60-72(6)9-3)70-94-98(87,88)92-66-73(80)65-91-97(85,86)93-69-74(67-89-76(81)61-55-49-41-15-13-11-8-2)95-79(84)64-58-52-46-40-35-36-42-47-53-59-71(4)5/h71-75,80H,7-70H2,1-6H3,(H,85,86)(H,87,88)/t72?,73-,74+,75+/m0/s1. The van der Waals surface area contributed by atoms with E-state index >= 15 is 0 Å². The number of unbranched alkanes of at least 4 members (excludes halogenated alkanes) is 47. The fourth-order valence-corrected chi connectivity index (χ4v) is 13.7. The van der Waals surface area contributed by atoms with Crippen LogP contribution in [0.15, 0.2) is 0 Å². The van der Waals surface area contributed by atoms with Gasteiger partial charge in [0.25, 0.3) is 0 Å². The van der Waals surface area contributed by atoms with Crippen LogP contribution in [0.25, 0.3) is 0 Å². The maximum Gasteiger partial charge on any atom is 0.472 e. The van der Waals surface area contributed by atoms with E-state index < -0.39 is 97.5 Å². The Labute approximate surface area is 600 Å². The predicted molar refractivity (Wildman–Crippen MR) is 400 cm³/mol. The molecule has 0 amide bonds. The highest BCUT2D eigenvalue weighted by molar-refractivity contribution is 7.47. The molecule has 0 aromatic heterocycles. The van der Waals surface area contributed by atoms with Crippen LogP contribution in [0.3, 0.4) is 0 Å². The summed E-state index contributed by atoms with van der Waals surface area (Å²) in [6, 6.07) is 0. The molecule has 6 atom stereocenters. The van der Waals surface area contributed by atoms with E-state index in [2.05, 4.69) is 41.5 Å². The Kier molecular flexibility index (Phi) is 69.3. The normalized spacial score (nSPS) is 14.2. The Morgan fingerprint density at radius 1 is 0.296 bits per heavy atom. The summed E-state index contributed by atoms with van der Waals surface area (Å²) in [5.41, 5.74) is 0. The van der Waals surface area contributed by atoms with Crippen LogP contribution in [0, 0.1) is 11.8 Å². The second-order valence-electron chi connectivity index (χ2n) is 29.2. The molecule has 0 saturated carbocycles. The third-order valence-corrected chi connectivity index (χ3v) is 20.7. The molecule has 3 unspecified atom stereocenters. The average Bonchev–Trinajstić information content (AvgIpc) is 0.980. The first-order chi connectivity index (χ1) is 47.4. The highest BCUT2D eigenvalue weighted by Gasteiger charge is 2.30. The summed E-state index contributed by atoms with van der Waals surface area (Å²) in [6.07, 6.45) is 59.9. The number of phosphoric ester groups is 2. The lowest BCUT2D eigenvalue weighted by Crippen LogP contribution is -2.30. The van der Waals surface area contributed by atoms with Crippen molar-refractivity contribution in [3.63, 3.8) is 0 Å². The molecule has 98 heavy (non-hydrogen) atoms. The van der Waals surface area contributed by atoms with E-state index in [-0.39, 0.29) is 25.7 Å². The van der Waals surface area contributed by atoms with Crippen LogP contribution in [0.1, 0.15) is 414 Å². The molecule has 0 aromatic carbocycles. The number of aliphatic hydroxyl groups is 1. The number of esters is 4. The molecule has 0 aliphatic carbocycles. The number of hydrogen-bond donors (Lipinski definition) is 3. The zero-order chi connectivity index (χ0) is 72.1. The first-order valence-electron chi connectivity index (χ1n) is 41.0. The SMILES string of the molecule is CCCCCCCCCCCCCCCCCCCCCCCC(=O)O[C@H](COC(=O)CCCCCCCCCCCCCCCCC(C)CC)COP(=O)(O)OC[C@@H](O)COP(=O)(O)OC[C@@H](COC(=O)CCCCCCCCC)OC(=O)CCCCCCCCCCCC(C)C. The highest BCUT2D eigenvalue weighted by atomic mass is 31.2. The van der Waals surface area contributed by atoms with E-state index in [1.807, 2.05) is 0 Å². The van der Waals surface area contributed by atoms with E-state index in [0.717, 1.165) is 115 Å². The van der Waals surface area contributed by atoms with Crippen LogP contribution < -0.4 is 0 Å². The summed E-state index contributed by atoms with van der Waals surface area (Å²) in [6.45, 7) is 9.60. The molecule has 0 aliphatic rings. The second-order valence-corrected chi connectivity index (χ2v) is 32.1. The van der Waals surface area contributed by atoms with Crippen molar-refractivity contribution in [2.45, 2.75) is 432 Å².